The number of thiazole rings is 1. The minimum absolute atomic E-state index is 0.0564. The molecule has 1 amide bonds. The van der Waals surface area contributed by atoms with E-state index in [2.05, 4.69) is 20.5 Å². The van der Waals surface area contributed by atoms with Crippen molar-refractivity contribution in [1.29, 1.82) is 0 Å². The molecule has 0 saturated carbocycles. The number of piperidine rings is 1. The van der Waals surface area contributed by atoms with Gasteiger partial charge in [-0.25, -0.2) is 9.67 Å². The van der Waals surface area contributed by atoms with Gasteiger partial charge in [-0.2, -0.15) is 0 Å². The molecule has 0 unspecified atom stereocenters. The van der Waals surface area contributed by atoms with Crippen molar-refractivity contribution in [3.8, 4) is 0 Å². The number of para-hydroxylation sites is 1. The molecule has 0 N–H and O–H groups in total. The first-order chi connectivity index (χ1) is 12.7. The quantitative estimate of drug-likeness (QED) is 0.636. The predicted octanol–water partition coefficient (Wildman–Crippen LogP) is 1.79. The number of carbonyl (C=O) groups is 2. The zero-order valence-electron chi connectivity index (χ0n) is 14.1. The molecule has 2 aromatic heterocycles. The number of aromatic nitrogens is 5. The lowest BCUT2D eigenvalue weighted by atomic mass is 9.92. The van der Waals surface area contributed by atoms with Crippen LogP contribution in [0.15, 0.2) is 30.6 Å². The Hall–Kier alpha value is -2.68. The van der Waals surface area contributed by atoms with E-state index in [1.54, 1.807) is 4.68 Å². The van der Waals surface area contributed by atoms with E-state index in [0.29, 0.717) is 43.9 Å². The van der Waals surface area contributed by atoms with E-state index >= 15 is 0 Å². The highest BCUT2D eigenvalue weighted by molar-refractivity contribution is 7.20. The number of tetrazole rings is 1. The zero-order chi connectivity index (χ0) is 17.9. The highest BCUT2D eigenvalue weighted by atomic mass is 32.1. The molecule has 1 aromatic carbocycles. The minimum Gasteiger partial charge on any atom is -0.343 e. The lowest BCUT2D eigenvalue weighted by Crippen LogP contribution is -2.40. The summed E-state index contributed by atoms with van der Waals surface area (Å²) in [7, 11) is 0. The molecule has 4 rings (SSSR count). The number of hydrogen-bond donors (Lipinski definition) is 0. The van der Waals surface area contributed by atoms with Gasteiger partial charge in [-0.15, -0.1) is 16.4 Å². The molecule has 3 aromatic rings. The molecule has 9 heteroatoms. The largest absolute Gasteiger partial charge is 0.343 e. The third-order valence-corrected chi connectivity index (χ3v) is 5.72. The topological polar surface area (TPSA) is 93.9 Å². The average Bonchev–Trinajstić information content (AvgIpc) is 3.35. The summed E-state index contributed by atoms with van der Waals surface area (Å²) in [6.45, 7) is 1.68. The fourth-order valence-electron chi connectivity index (χ4n) is 3.19. The zero-order valence-corrected chi connectivity index (χ0v) is 14.9. The summed E-state index contributed by atoms with van der Waals surface area (Å²) in [6.07, 6.45) is 3.23. The van der Waals surface area contributed by atoms with Crippen molar-refractivity contribution >= 4 is 33.2 Å². The van der Waals surface area contributed by atoms with Gasteiger partial charge in [0.1, 0.15) is 6.33 Å². The summed E-state index contributed by atoms with van der Waals surface area (Å²) >= 11 is 1.45. The highest BCUT2D eigenvalue weighted by Gasteiger charge is 2.29. The summed E-state index contributed by atoms with van der Waals surface area (Å²) in [6, 6.07) is 7.79. The molecule has 1 saturated heterocycles. The highest BCUT2D eigenvalue weighted by Crippen LogP contribution is 2.27. The second-order valence-corrected chi connectivity index (χ2v) is 7.36. The van der Waals surface area contributed by atoms with Crippen LogP contribution >= 0.6 is 11.3 Å². The predicted molar refractivity (Wildman–Crippen MR) is 95.7 cm³/mol. The lowest BCUT2D eigenvalue weighted by molar-refractivity contribution is -0.132. The van der Waals surface area contributed by atoms with E-state index in [0.717, 1.165) is 10.2 Å². The first kappa shape index (κ1) is 16.8. The Bertz CT molecular complexity index is 881. The number of fused-ring (bicyclic) bond motifs is 1. The number of amides is 1. The summed E-state index contributed by atoms with van der Waals surface area (Å²) in [5, 5.41) is 11.4. The molecule has 0 bridgehead atoms. The Morgan fingerprint density at radius 3 is 2.73 bits per heavy atom. The Morgan fingerprint density at radius 2 is 2.00 bits per heavy atom. The second kappa shape index (κ2) is 7.28. The second-order valence-electron chi connectivity index (χ2n) is 6.33. The third kappa shape index (κ3) is 3.48. The number of hydrogen-bond acceptors (Lipinski definition) is 7. The maximum absolute atomic E-state index is 12.7. The fourth-order valence-corrected chi connectivity index (χ4v) is 4.18. The molecule has 26 heavy (non-hydrogen) atoms. The smallest absolute Gasteiger partial charge is 0.224 e. The number of ketones is 1. The average molecular weight is 370 g/mol. The van der Waals surface area contributed by atoms with Gasteiger partial charge in [0.2, 0.25) is 5.91 Å². The first-order valence-electron chi connectivity index (χ1n) is 8.59. The SMILES string of the molecule is O=C(c1nc2ccccc2s1)C1CCN(C(=O)CCn2cnnn2)CC1. The fraction of sp³-hybridized carbons (Fsp3) is 0.412. The van der Waals surface area contributed by atoms with Gasteiger partial charge in [0, 0.05) is 25.4 Å². The monoisotopic (exact) mass is 370 g/mol. The number of aryl methyl sites for hydroxylation is 1. The van der Waals surface area contributed by atoms with Gasteiger partial charge in [0.15, 0.2) is 10.8 Å². The molecule has 134 valence electrons. The number of nitrogens with zero attached hydrogens (tertiary/aromatic N) is 6. The van der Waals surface area contributed by atoms with E-state index in [4.69, 9.17) is 0 Å². The number of benzene rings is 1. The molecule has 0 radical (unpaired) electrons. The van der Waals surface area contributed by atoms with Gasteiger partial charge in [-0.3, -0.25) is 9.59 Å². The minimum atomic E-state index is -0.0564. The number of Topliss-reactive ketones (excluding diaryl/α,β-unsaturated/α-hetero) is 1. The van der Waals surface area contributed by atoms with Crippen molar-refractivity contribution in [3.05, 3.63) is 35.6 Å². The van der Waals surface area contributed by atoms with Gasteiger partial charge in [0.25, 0.3) is 0 Å². The maximum atomic E-state index is 12.7. The first-order valence-corrected chi connectivity index (χ1v) is 9.40. The van der Waals surface area contributed by atoms with Crippen LogP contribution in [0.1, 0.15) is 29.1 Å². The van der Waals surface area contributed by atoms with Crippen molar-refractivity contribution in [2.24, 2.45) is 5.92 Å². The van der Waals surface area contributed by atoms with Gasteiger partial charge in [-0.05, 0) is 35.4 Å². The molecule has 1 aliphatic heterocycles. The molecular formula is C17H18N6O2S. The van der Waals surface area contributed by atoms with Crippen LogP contribution in [0.4, 0.5) is 0 Å². The Labute approximate surface area is 153 Å². The third-order valence-electron chi connectivity index (χ3n) is 4.67. The van der Waals surface area contributed by atoms with Crippen LogP contribution in [0, 0.1) is 5.92 Å². The standard InChI is InChI=1S/C17H18N6O2S/c24-15(7-10-23-11-18-20-21-23)22-8-5-12(6-9-22)16(25)17-19-13-3-1-2-4-14(13)26-17/h1-4,11-12H,5-10H2. The summed E-state index contributed by atoms with van der Waals surface area (Å²) in [5.41, 5.74) is 0.871. The van der Waals surface area contributed by atoms with Crippen LogP contribution in [-0.2, 0) is 11.3 Å². The molecule has 0 aliphatic carbocycles. The molecule has 1 fully saturated rings. The molecule has 3 heterocycles. The number of rotatable bonds is 5. The molecular weight excluding hydrogens is 352 g/mol. The number of likely N-dealkylation sites (tertiary alicyclic amines) is 1. The van der Waals surface area contributed by atoms with Gasteiger partial charge in [-0.1, -0.05) is 12.1 Å². The summed E-state index contributed by atoms with van der Waals surface area (Å²) in [5.74, 6) is 0.123. The Balaban J connectivity index is 1.32. The summed E-state index contributed by atoms with van der Waals surface area (Å²) < 4.78 is 2.58. The maximum Gasteiger partial charge on any atom is 0.224 e. The Morgan fingerprint density at radius 1 is 1.19 bits per heavy atom. The summed E-state index contributed by atoms with van der Waals surface area (Å²) in [4.78, 5) is 31.3. The molecule has 8 nitrogen and oxygen atoms in total. The van der Waals surface area contributed by atoms with Gasteiger partial charge >= 0.3 is 0 Å². The van der Waals surface area contributed by atoms with Crippen molar-refractivity contribution < 1.29 is 9.59 Å². The van der Waals surface area contributed by atoms with Crippen LogP contribution in [0.5, 0.6) is 0 Å². The molecule has 1 aliphatic rings. The number of carbonyl (C=O) groups excluding carboxylic acids is 2. The molecule has 0 spiro atoms. The van der Waals surface area contributed by atoms with E-state index in [9.17, 15) is 9.59 Å². The van der Waals surface area contributed by atoms with E-state index < -0.39 is 0 Å². The lowest BCUT2D eigenvalue weighted by Gasteiger charge is -2.31. The van der Waals surface area contributed by atoms with Crippen LogP contribution < -0.4 is 0 Å². The van der Waals surface area contributed by atoms with Crippen molar-refractivity contribution in [2.75, 3.05) is 13.1 Å². The normalized spacial score (nSPS) is 15.5. The van der Waals surface area contributed by atoms with Crippen molar-refractivity contribution in [1.82, 2.24) is 30.1 Å². The van der Waals surface area contributed by atoms with E-state index in [-0.39, 0.29) is 17.6 Å². The van der Waals surface area contributed by atoms with E-state index in [1.165, 1.54) is 17.7 Å². The van der Waals surface area contributed by atoms with Crippen LogP contribution in [0.3, 0.4) is 0 Å². The van der Waals surface area contributed by atoms with Gasteiger partial charge < -0.3 is 4.90 Å². The van der Waals surface area contributed by atoms with Crippen LogP contribution in [0.2, 0.25) is 0 Å². The van der Waals surface area contributed by atoms with E-state index in [1.807, 2.05) is 29.2 Å². The van der Waals surface area contributed by atoms with Gasteiger partial charge in [0.05, 0.1) is 16.8 Å². The van der Waals surface area contributed by atoms with Crippen molar-refractivity contribution in [2.45, 2.75) is 25.8 Å². The van der Waals surface area contributed by atoms with Crippen molar-refractivity contribution in [3.63, 3.8) is 0 Å². The molecule has 0 atom stereocenters. The Kier molecular flexibility index (Phi) is 4.70. The van der Waals surface area contributed by atoms with Crippen LogP contribution in [-0.4, -0.2) is 54.9 Å². The van der Waals surface area contributed by atoms with Crippen LogP contribution in [0.25, 0.3) is 10.2 Å².